The Balaban J connectivity index is 1.46. The number of phenolic OH excluding ortho intramolecular Hbond substituents is 1. The number of carbonyl (C=O) groups is 2. The molecule has 13 nitrogen and oxygen atoms in total. The number of aryl methyl sites for hydroxylation is 1. The number of fused-ring (bicyclic) bond motifs is 1. The highest BCUT2D eigenvalue weighted by molar-refractivity contribution is 7.92. The van der Waals surface area contributed by atoms with Crippen LogP contribution in [0.1, 0.15) is 52.9 Å². The number of carboxylic acid groups (broad SMARTS) is 2. The predicted octanol–water partition coefficient (Wildman–Crippen LogP) is 5.19. The SMILES string of the molecule is Cc1cc(N=C2C(C(C)(C)C)=Nn3nc(-c4ccc(NS(=O)(=O)c5cc(C(=O)O)cc(C(=O)O)c5)cc4)nc32)cc(Cl)c1O. The van der Waals surface area contributed by atoms with Crippen LogP contribution in [-0.2, 0) is 10.0 Å². The zero-order valence-electron chi connectivity index (χ0n) is 23.7. The van der Waals surface area contributed by atoms with Crippen molar-refractivity contribution in [2.45, 2.75) is 32.6 Å². The number of rotatable bonds is 7. The minimum absolute atomic E-state index is 0.0262. The molecule has 1 aromatic heterocycles. The summed E-state index contributed by atoms with van der Waals surface area (Å²) in [6.07, 6.45) is 0. The van der Waals surface area contributed by atoms with E-state index in [0.29, 0.717) is 39.9 Å². The van der Waals surface area contributed by atoms with Crippen molar-refractivity contribution in [2.75, 3.05) is 4.72 Å². The van der Waals surface area contributed by atoms with Gasteiger partial charge in [0.05, 0.1) is 32.4 Å². The second kappa shape index (κ2) is 10.9. The van der Waals surface area contributed by atoms with Gasteiger partial charge in [-0.25, -0.2) is 28.0 Å². The summed E-state index contributed by atoms with van der Waals surface area (Å²) in [5.41, 5.74) is 1.46. The van der Waals surface area contributed by atoms with Gasteiger partial charge in [0.25, 0.3) is 10.0 Å². The summed E-state index contributed by atoms with van der Waals surface area (Å²) in [7, 11) is -4.34. The molecule has 15 heteroatoms. The molecule has 4 aromatic rings. The molecular formula is C29H25ClN6O7S. The third kappa shape index (κ3) is 5.89. The molecule has 1 aliphatic heterocycles. The van der Waals surface area contributed by atoms with Gasteiger partial charge in [-0.1, -0.05) is 32.4 Å². The highest BCUT2D eigenvalue weighted by Gasteiger charge is 2.35. The summed E-state index contributed by atoms with van der Waals surface area (Å²) in [5, 5.41) is 37.9. The van der Waals surface area contributed by atoms with Crippen molar-refractivity contribution >= 4 is 56.4 Å². The number of benzene rings is 3. The number of aromatic carboxylic acids is 2. The third-order valence-corrected chi connectivity index (χ3v) is 8.17. The fourth-order valence-electron chi connectivity index (χ4n) is 4.31. The van der Waals surface area contributed by atoms with Crippen molar-refractivity contribution in [3.05, 3.63) is 82.1 Å². The number of hydrogen-bond donors (Lipinski definition) is 4. The fourth-order valence-corrected chi connectivity index (χ4v) is 5.70. The van der Waals surface area contributed by atoms with Crippen LogP contribution in [0.4, 0.5) is 11.4 Å². The van der Waals surface area contributed by atoms with Crippen molar-refractivity contribution in [1.29, 1.82) is 0 Å². The van der Waals surface area contributed by atoms with E-state index in [-0.39, 0.29) is 16.5 Å². The lowest BCUT2D eigenvalue weighted by Crippen LogP contribution is -2.27. The van der Waals surface area contributed by atoms with Crippen molar-refractivity contribution in [2.24, 2.45) is 15.5 Å². The normalized spacial score (nSPS) is 13.9. The number of aromatic nitrogens is 3. The van der Waals surface area contributed by atoms with Crippen molar-refractivity contribution in [3.63, 3.8) is 0 Å². The zero-order valence-corrected chi connectivity index (χ0v) is 25.3. The quantitative estimate of drug-likeness (QED) is 0.211. The number of nitrogens with one attached hydrogen (secondary N) is 1. The van der Waals surface area contributed by atoms with E-state index in [0.717, 1.165) is 18.2 Å². The molecule has 0 saturated heterocycles. The van der Waals surface area contributed by atoms with E-state index in [1.54, 1.807) is 25.1 Å². The molecular weight excluding hydrogens is 612 g/mol. The second-order valence-electron chi connectivity index (χ2n) is 10.9. The largest absolute Gasteiger partial charge is 0.506 e. The summed E-state index contributed by atoms with van der Waals surface area (Å²) in [5.74, 6) is -2.30. The minimum Gasteiger partial charge on any atom is -0.506 e. The molecule has 0 aliphatic carbocycles. The monoisotopic (exact) mass is 636 g/mol. The maximum atomic E-state index is 13.0. The number of nitrogens with zero attached hydrogens (tertiary/aromatic N) is 5. The van der Waals surface area contributed by atoms with Gasteiger partial charge in [-0.15, -0.1) is 9.89 Å². The van der Waals surface area contributed by atoms with E-state index in [2.05, 4.69) is 19.9 Å². The molecule has 0 radical (unpaired) electrons. The van der Waals surface area contributed by atoms with E-state index in [9.17, 15) is 33.3 Å². The number of halogens is 1. The highest BCUT2D eigenvalue weighted by atomic mass is 35.5. The minimum atomic E-state index is -4.34. The van der Waals surface area contributed by atoms with Gasteiger partial charge in [0.2, 0.25) is 5.82 Å². The van der Waals surface area contributed by atoms with Gasteiger partial charge >= 0.3 is 11.9 Å². The van der Waals surface area contributed by atoms with Gasteiger partial charge in [0.1, 0.15) is 11.5 Å². The van der Waals surface area contributed by atoms with E-state index >= 15 is 0 Å². The molecule has 0 spiro atoms. The second-order valence-corrected chi connectivity index (χ2v) is 13.0. The molecule has 5 rings (SSSR count). The number of aromatic hydroxyl groups is 1. The van der Waals surface area contributed by atoms with E-state index in [1.807, 2.05) is 20.8 Å². The lowest BCUT2D eigenvalue weighted by Gasteiger charge is -2.18. The molecule has 44 heavy (non-hydrogen) atoms. The Kier molecular flexibility index (Phi) is 7.51. The topological polar surface area (TPSA) is 196 Å². The van der Waals surface area contributed by atoms with Gasteiger partial charge in [-0.2, -0.15) is 5.10 Å². The predicted molar refractivity (Wildman–Crippen MR) is 163 cm³/mol. The number of sulfonamides is 1. The summed E-state index contributed by atoms with van der Waals surface area (Å²) in [6, 6.07) is 11.9. The summed E-state index contributed by atoms with van der Waals surface area (Å²) in [6.45, 7) is 7.64. The lowest BCUT2D eigenvalue weighted by atomic mass is 9.87. The van der Waals surface area contributed by atoms with Crippen LogP contribution in [0, 0.1) is 12.3 Å². The fraction of sp³-hybridized carbons (Fsp3) is 0.172. The van der Waals surface area contributed by atoms with Crippen LogP contribution in [0.3, 0.4) is 0 Å². The van der Waals surface area contributed by atoms with Crippen LogP contribution in [0.5, 0.6) is 5.75 Å². The number of hydrogen-bond acceptors (Lipinski definition) is 9. The molecule has 226 valence electrons. The summed E-state index contributed by atoms with van der Waals surface area (Å²) in [4.78, 5) is 33.1. The maximum Gasteiger partial charge on any atom is 0.335 e. The van der Waals surface area contributed by atoms with Crippen molar-refractivity contribution in [1.82, 2.24) is 14.9 Å². The number of aliphatic imine (C=N–C) groups is 1. The van der Waals surface area contributed by atoms with Crippen molar-refractivity contribution in [3.8, 4) is 17.1 Å². The van der Waals surface area contributed by atoms with E-state index < -0.39 is 43.4 Å². The molecule has 4 N–H and O–H groups in total. The summed E-state index contributed by atoms with van der Waals surface area (Å²) < 4.78 is 28.3. The molecule has 2 heterocycles. The third-order valence-electron chi connectivity index (χ3n) is 6.52. The first-order valence-electron chi connectivity index (χ1n) is 12.9. The molecule has 0 bridgehead atoms. The number of carboxylic acids is 2. The van der Waals surface area contributed by atoms with Crippen LogP contribution in [0.15, 0.2) is 69.6 Å². The number of phenols is 1. The average molecular weight is 637 g/mol. The molecule has 0 saturated carbocycles. The van der Waals surface area contributed by atoms with Gasteiger partial charge in [0.15, 0.2) is 5.82 Å². The van der Waals surface area contributed by atoms with Crippen LogP contribution in [0.2, 0.25) is 5.02 Å². The first-order chi connectivity index (χ1) is 20.5. The standard InChI is InChI=1S/C29H25ClN6O7S/c1-14-9-19(13-21(30)23(14)37)31-22-24(29(2,3)4)33-36-26(22)32-25(34-36)15-5-7-18(8-6-15)35-44(42,43)20-11-16(27(38)39)10-17(12-20)28(40)41/h5-13,35,37H,1-4H3,(H,38,39)(H,40,41). The molecule has 0 unspecified atom stereocenters. The Bertz CT molecular complexity index is 1970. The van der Waals surface area contributed by atoms with Gasteiger partial charge < -0.3 is 15.3 Å². The van der Waals surface area contributed by atoms with Crippen LogP contribution >= 0.6 is 11.6 Å². The van der Waals surface area contributed by atoms with Crippen molar-refractivity contribution < 1.29 is 33.3 Å². The van der Waals surface area contributed by atoms with E-state index in [1.165, 1.54) is 23.0 Å². The Morgan fingerprint density at radius 1 is 0.977 bits per heavy atom. The van der Waals surface area contributed by atoms with Gasteiger partial charge in [-0.3, -0.25) is 4.72 Å². The zero-order chi connectivity index (χ0) is 32.1. The first-order valence-corrected chi connectivity index (χ1v) is 14.8. The number of anilines is 1. The molecule has 1 aliphatic rings. The van der Waals surface area contributed by atoms with E-state index in [4.69, 9.17) is 16.6 Å². The Hall–Kier alpha value is -5.08. The Morgan fingerprint density at radius 3 is 2.14 bits per heavy atom. The lowest BCUT2D eigenvalue weighted by molar-refractivity contribution is 0.0696. The molecule has 0 fully saturated rings. The molecule has 3 aromatic carbocycles. The first kappa shape index (κ1) is 30.4. The van der Waals surface area contributed by atoms with Crippen LogP contribution in [0.25, 0.3) is 11.4 Å². The van der Waals surface area contributed by atoms with Gasteiger partial charge in [0, 0.05) is 16.7 Å². The van der Waals surface area contributed by atoms with Gasteiger partial charge in [-0.05, 0) is 67.1 Å². The highest BCUT2D eigenvalue weighted by Crippen LogP contribution is 2.34. The molecule has 0 atom stereocenters. The average Bonchev–Trinajstić information content (AvgIpc) is 3.51. The summed E-state index contributed by atoms with van der Waals surface area (Å²) >= 11 is 6.17. The Labute approximate surface area is 256 Å². The van der Waals surface area contributed by atoms with Crippen LogP contribution in [-0.4, -0.2) is 62.0 Å². The Morgan fingerprint density at radius 2 is 1.59 bits per heavy atom. The smallest absolute Gasteiger partial charge is 0.335 e. The maximum absolute atomic E-state index is 13.0. The molecule has 0 amide bonds. The van der Waals surface area contributed by atoms with Crippen LogP contribution < -0.4 is 4.72 Å².